The molecule has 106 valence electrons. The maximum atomic E-state index is 10.2. The van der Waals surface area contributed by atoms with Crippen LogP contribution in [0.15, 0.2) is 28.5 Å². The molecule has 0 bridgehead atoms. The molecule has 1 aliphatic carbocycles. The van der Waals surface area contributed by atoms with Crippen LogP contribution in [0.2, 0.25) is 0 Å². The molecule has 5 N–H and O–H groups in total. The second-order valence-corrected chi connectivity index (χ2v) is 5.84. The molecule has 6 heteroatoms. The number of aliphatic hydroxyl groups is 1. The van der Waals surface area contributed by atoms with E-state index < -0.39 is 6.10 Å². The highest BCUT2D eigenvalue weighted by molar-refractivity contribution is 9.18. The molecular weight excluding hydrogens is 308 g/mol. The van der Waals surface area contributed by atoms with Crippen LogP contribution in [0.1, 0.15) is 19.8 Å². The zero-order valence-corrected chi connectivity index (χ0v) is 12.9. The van der Waals surface area contributed by atoms with Crippen LogP contribution in [0.3, 0.4) is 0 Å². The first-order valence-corrected chi connectivity index (χ1v) is 6.94. The van der Waals surface area contributed by atoms with E-state index in [-0.39, 0.29) is 4.62 Å². The summed E-state index contributed by atoms with van der Waals surface area (Å²) in [5, 5.41) is 20.6. The normalized spacial score (nSPS) is 20.4. The molecule has 0 heterocycles. The highest BCUT2D eigenvalue weighted by atomic mass is 79.9. The van der Waals surface area contributed by atoms with Crippen molar-refractivity contribution in [2.24, 2.45) is 16.1 Å². The third-order valence-corrected chi connectivity index (χ3v) is 3.63. The molecule has 19 heavy (non-hydrogen) atoms. The fraction of sp³-hybridized carbons (Fsp3) is 0.538. The summed E-state index contributed by atoms with van der Waals surface area (Å²) in [6.45, 7) is 2.93. The summed E-state index contributed by atoms with van der Waals surface area (Å²) in [5.41, 5.74) is 6.74. The van der Waals surface area contributed by atoms with Crippen molar-refractivity contribution >= 4 is 26.8 Å². The minimum atomic E-state index is -0.972. The zero-order chi connectivity index (χ0) is 14.5. The highest BCUT2D eigenvalue weighted by Gasteiger charge is 2.36. The average Bonchev–Trinajstić information content (AvgIpc) is 3.09. The Morgan fingerprint density at radius 3 is 2.68 bits per heavy atom. The lowest BCUT2D eigenvalue weighted by Gasteiger charge is -2.14. The lowest BCUT2D eigenvalue weighted by atomic mass is 10.0. The monoisotopic (exact) mass is 328 g/mol. The molecule has 1 rings (SSSR count). The van der Waals surface area contributed by atoms with Crippen molar-refractivity contribution in [2.45, 2.75) is 25.9 Å². The van der Waals surface area contributed by atoms with Crippen molar-refractivity contribution in [2.75, 3.05) is 13.6 Å². The summed E-state index contributed by atoms with van der Waals surface area (Å²) in [6, 6.07) is 0. The van der Waals surface area contributed by atoms with Gasteiger partial charge in [0.2, 0.25) is 0 Å². The number of nitrogens with zero attached hydrogens (tertiary/aromatic N) is 1. The first kappa shape index (κ1) is 15.9. The SMILES string of the molecule is CN/C=C(\C(=N)Br)C(O)C(C=NCC1(C)CC1)=CN. The first-order valence-electron chi connectivity index (χ1n) is 6.15. The molecular formula is C13H21BrN4O. The van der Waals surface area contributed by atoms with Gasteiger partial charge in [-0.25, -0.2) is 0 Å². The Bertz CT molecular complexity index is 424. The van der Waals surface area contributed by atoms with Crippen LogP contribution >= 0.6 is 15.9 Å². The summed E-state index contributed by atoms with van der Waals surface area (Å²) in [6.07, 6.45) is 5.90. The Labute approximate surface area is 122 Å². The molecule has 1 aliphatic rings. The number of aliphatic hydroxyl groups excluding tert-OH is 1. The van der Waals surface area contributed by atoms with Crippen LogP contribution in [-0.4, -0.2) is 35.6 Å². The Morgan fingerprint density at radius 1 is 1.63 bits per heavy atom. The van der Waals surface area contributed by atoms with Crippen LogP contribution in [-0.2, 0) is 0 Å². The fourth-order valence-electron chi connectivity index (χ4n) is 1.55. The van der Waals surface area contributed by atoms with Gasteiger partial charge >= 0.3 is 0 Å². The maximum Gasteiger partial charge on any atom is 0.111 e. The number of hydrogen-bond donors (Lipinski definition) is 4. The lowest BCUT2D eigenvalue weighted by Crippen LogP contribution is -2.21. The van der Waals surface area contributed by atoms with Crippen molar-refractivity contribution in [1.82, 2.24) is 5.32 Å². The predicted octanol–water partition coefficient (Wildman–Crippen LogP) is 1.54. The van der Waals surface area contributed by atoms with Crippen molar-refractivity contribution in [3.8, 4) is 0 Å². The third-order valence-electron chi connectivity index (χ3n) is 3.17. The molecule has 1 unspecified atom stereocenters. The second-order valence-electron chi connectivity index (χ2n) is 5.05. The predicted molar refractivity (Wildman–Crippen MR) is 82.8 cm³/mol. The van der Waals surface area contributed by atoms with E-state index in [0.29, 0.717) is 16.6 Å². The van der Waals surface area contributed by atoms with E-state index in [1.165, 1.54) is 19.0 Å². The lowest BCUT2D eigenvalue weighted by molar-refractivity contribution is 0.259. The standard InChI is InChI=1S/C13H21BrN4O/c1-13(3-4-13)8-18-6-9(5-15)11(19)10(7-17-2)12(14)16/h5-7,11,16-17,19H,3-4,8,15H2,1-2H3/b9-5?,10-7-,16-12?,18-6?. The van der Waals surface area contributed by atoms with Gasteiger partial charge in [0.25, 0.3) is 0 Å². The Kier molecular flexibility index (Phi) is 5.75. The van der Waals surface area contributed by atoms with Crippen molar-refractivity contribution in [3.63, 3.8) is 0 Å². The largest absolute Gasteiger partial charge is 0.404 e. The van der Waals surface area contributed by atoms with Crippen LogP contribution in [0.4, 0.5) is 0 Å². The van der Waals surface area contributed by atoms with E-state index >= 15 is 0 Å². The summed E-state index contributed by atoms with van der Waals surface area (Å²) in [5.74, 6) is 0. The summed E-state index contributed by atoms with van der Waals surface area (Å²) >= 11 is 3.05. The first-order chi connectivity index (χ1) is 8.93. The van der Waals surface area contributed by atoms with Crippen molar-refractivity contribution in [3.05, 3.63) is 23.5 Å². The van der Waals surface area contributed by atoms with Crippen LogP contribution in [0.5, 0.6) is 0 Å². The van der Waals surface area contributed by atoms with Crippen LogP contribution in [0, 0.1) is 10.8 Å². The molecule has 1 atom stereocenters. The Balaban J connectivity index is 2.72. The van der Waals surface area contributed by atoms with Gasteiger partial charge in [0.15, 0.2) is 0 Å². The fourth-order valence-corrected chi connectivity index (χ4v) is 1.88. The van der Waals surface area contributed by atoms with E-state index in [1.807, 2.05) is 0 Å². The van der Waals surface area contributed by atoms with Gasteiger partial charge in [-0.15, -0.1) is 0 Å². The van der Waals surface area contributed by atoms with E-state index in [2.05, 4.69) is 33.2 Å². The molecule has 5 nitrogen and oxygen atoms in total. The molecule has 1 fully saturated rings. The van der Waals surface area contributed by atoms with Gasteiger partial charge < -0.3 is 16.2 Å². The number of hydrogen-bond acceptors (Lipinski definition) is 5. The quantitative estimate of drug-likeness (QED) is 0.534. The number of aliphatic imine (C=N–C) groups is 1. The van der Waals surface area contributed by atoms with Gasteiger partial charge in [0.1, 0.15) is 10.7 Å². The van der Waals surface area contributed by atoms with Crippen LogP contribution < -0.4 is 11.1 Å². The van der Waals surface area contributed by atoms with Gasteiger partial charge in [0.05, 0.1) is 0 Å². The molecule has 0 aromatic carbocycles. The summed E-state index contributed by atoms with van der Waals surface area (Å²) < 4.78 is 0.108. The molecule has 0 saturated heterocycles. The molecule has 0 radical (unpaired) electrons. The summed E-state index contributed by atoms with van der Waals surface area (Å²) in [4.78, 5) is 4.33. The van der Waals surface area contributed by atoms with E-state index in [0.717, 1.165) is 6.54 Å². The number of nitrogens with one attached hydrogen (secondary N) is 2. The maximum absolute atomic E-state index is 10.2. The molecule has 0 aliphatic heterocycles. The topological polar surface area (TPSA) is 94.5 Å². The number of nitrogens with two attached hydrogens (primary N) is 1. The van der Waals surface area contributed by atoms with E-state index in [1.54, 1.807) is 19.5 Å². The Morgan fingerprint density at radius 2 is 2.26 bits per heavy atom. The number of halogens is 1. The highest BCUT2D eigenvalue weighted by Crippen LogP contribution is 2.44. The van der Waals surface area contributed by atoms with E-state index in [4.69, 9.17) is 11.1 Å². The van der Waals surface area contributed by atoms with Crippen molar-refractivity contribution in [1.29, 1.82) is 5.41 Å². The minimum Gasteiger partial charge on any atom is -0.404 e. The van der Waals surface area contributed by atoms with E-state index in [9.17, 15) is 5.11 Å². The third kappa shape index (κ3) is 4.80. The van der Waals surface area contributed by atoms with Gasteiger partial charge in [0, 0.05) is 43.4 Å². The van der Waals surface area contributed by atoms with Gasteiger partial charge in [-0.2, -0.15) is 0 Å². The molecule has 1 saturated carbocycles. The van der Waals surface area contributed by atoms with Gasteiger partial charge in [-0.3, -0.25) is 10.4 Å². The smallest absolute Gasteiger partial charge is 0.111 e. The average molecular weight is 329 g/mol. The van der Waals surface area contributed by atoms with Crippen molar-refractivity contribution < 1.29 is 5.11 Å². The number of rotatable bonds is 7. The second kappa shape index (κ2) is 6.86. The van der Waals surface area contributed by atoms with Crippen LogP contribution in [0.25, 0.3) is 0 Å². The van der Waals surface area contributed by atoms with Gasteiger partial charge in [-0.1, -0.05) is 6.92 Å². The molecule has 0 aromatic rings. The Hall–Kier alpha value is -1.14. The zero-order valence-electron chi connectivity index (χ0n) is 11.3. The minimum absolute atomic E-state index is 0.108. The summed E-state index contributed by atoms with van der Waals surface area (Å²) in [7, 11) is 1.70. The molecule has 0 spiro atoms. The molecule has 0 amide bonds. The van der Waals surface area contributed by atoms with Gasteiger partial charge in [-0.05, 0) is 34.2 Å². The molecule has 0 aromatic heterocycles.